The van der Waals surface area contributed by atoms with Gasteiger partial charge in [0.25, 0.3) is 5.91 Å². The summed E-state index contributed by atoms with van der Waals surface area (Å²) in [7, 11) is 3.00. The van der Waals surface area contributed by atoms with Gasteiger partial charge in [-0.15, -0.1) is 0 Å². The van der Waals surface area contributed by atoms with Crippen molar-refractivity contribution < 1.29 is 19.1 Å². The number of hydrogen-bond donors (Lipinski definition) is 1. The highest BCUT2D eigenvalue weighted by Gasteiger charge is 2.19. The van der Waals surface area contributed by atoms with E-state index in [1.807, 2.05) is 0 Å². The third-order valence-corrected chi connectivity index (χ3v) is 2.30. The Morgan fingerprint density at radius 2 is 1.70 bits per heavy atom. The third kappa shape index (κ3) is 4.79. The van der Waals surface area contributed by atoms with Crippen LogP contribution in [0.3, 0.4) is 0 Å². The van der Waals surface area contributed by atoms with Gasteiger partial charge in [-0.1, -0.05) is 0 Å². The standard InChI is InChI=1S/C14H20N2O4/c1-14(2,3)20-13(18)15-16(4)12(17)10-6-8-11(19-5)9-7-10/h6-9H,1-5H3,(H,15,18). The largest absolute Gasteiger partial charge is 0.497 e. The molecular weight excluding hydrogens is 260 g/mol. The van der Waals surface area contributed by atoms with Crippen LogP contribution in [0, 0.1) is 0 Å². The summed E-state index contributed by atoms with van der Waals surface area (Å²) in [6.07, 6.45) is -0.679. The van der Waals surface area contributed by atoms with Crippen molar-refractivity contribution in [1.82, 2.24) is 10.4 Å². The Labute approximate surface area is 118 Å². The van der Waals surface area contributed by atoms with Crippen LogP contribution in [0.4, 0.5) is 4.79 Å². The number of ether oxygens (including phenoxy) is 2. The van der Waals surface area contributed by atoms with Crippen LogP contribution in [-0.2, 0) is 4.74 Å². The van der Waals surface area contributed by atoms with Gasteiger partial charge in [0.1, 0.15) is 11.4 Å². The predicted molar refractivity (Wildman–Crippen MR) is 74.5 cm³/mol. The fraction of sp³-hybridized carbons (Fsp3) is 0.429. The smallest absolute Gasteiger partial charge is 0.426 e. The number of nitrogens with one attached hydrogen (secondary N) is 1. The molecule has 0 aliphatic carbocycles. The average molecular weight is 280 g/mol. The summed E-state index contributed by atoms with van der Waals surface area (Å²) in [6.45, 7) is 5.24. The molecule has 0 heterocycles. The van der Waals surface area contributed by atoms with Gasteiger partial charge < -0.3 is 9.47 Å². The van der Waals surface area contributed by atoms with Crippen LogP contribution in [0.15, 0.2) is 24.3 Å². The summed E-state index contributed by atoms with van der Waals surface area (Å²) in [5, 5.41) is 1.08. The third-order valence-electron chi connectivity index (χ3n) is 2.30. The van der Waals surface area contributed by atoms with E-state index in [-0.39, 0.29) is 5.91 Å². The van der Waals surface area contributed by atoms with Gasteiger partial charge in [0, 0.05) is 12.6 Å². The molecule has 1 N–H and O–H groups in total. The fourth-order valence-corrected chi connectivity index (χ4v) is 1.42. The second-order valence-corrected chi connectivity index (χ2v) is 5.21. The Morgan fingerprint density at radius 1 is 1.15 bits per heavy atom. The molecule has 0 spiro atoms. The number of rotatable bonds is 2. The van der Waals surface area contributed by atoms with Gasteiger partial charge in [0.05, 0.1) is 7.11 Å². The zero-order valence-corrected chi connectivity index (χ0v) is 12.4. The van der Waals surface area contributed by atoms with Crippen LogP contribution in [-0.4, -0.2) is 36.8 Å². The Hall–Kier alpha value is -2.24. The van der Waals surface area contributed by atoms with Gasteiger partial charge in [0.2, 0.25) is 0 Å². The van der Waals surface area contributed by atoms with Crippen molar-refractivity contribution in [3.8, 4) is 5.75 Å². The summed E-state index contributed by atoms with van der Waals surface area (Å²) in [5.41, 5.74) is 2.17. The van der Waals surface area contributed by atoms with Crippen LogP contribution >= 0.6 is 0 Å². The first kappa shape index (κ1) is 15.8. The first-order valence-electron chi connectivity index (χ1n) is 6.14. The van der Waals surface area contributed by atoms with Crippen LogP contribution in [0.25, 0.3) is 0 Å². The molecule has 1 aromatic carbocycles. The molecule has 1 rings (SSSR count). The molecular formula is C14H20N2O4. The fourth-order valence-electron chi connectivity index (χ4n) is 1.42. The van der Waals surface area contributed by atoms with Crippen molar-refractivity contribution >= 4 is 12.0 Å². The number of benzene rings is 1. The van der Waals surface area contributed by atoms with Gasteiger partial charge in [0.15, 0.2) is 0 Å². The molecule has 1 aromatic rings. The maximum atomic E-state index is 12.1. The quantitative estimate of drug-likeness (QED) is 0.843. The molecule has 0 aliphatic rings. The molecule has 0 aromatic heterocycles. The number of carbonyl (C=O) groups is 2. The number of hydrazine groups is 1. The molecule has 0 unspecified atom stereocenters. The Kier molecular flexibility index (Phi) is 4.96. The van der Waals surface area contributed by atoms with Crippen LogP contribution < -0.4 is 10.2 Å². The lowest BCUT2D eigenvalue weighted by atomic mass is 10.2. The van der Waals surface area contributed by atoms with Gasteiger partial charge in [-0.3, -0.25) is 9.80 Å². The highest BCUT2D eigenvalue weighted by Crippen LogP contribution is 2.12. The van der Waals surface area contributed by atoms with Crippen molar-refractivity contribution in [3.05, 3.63) is 29.8 Å². The minimum absolute atomic E-state index is 0.349. The van der Waals surface area contributed by atoms with Crippen LogP contribution in [0.2, 0.25) is 0 Å². The van der Waals surface area contributed by atoms with Crippen molar-refractivity contribution in [2.45, 2.75) is 26.4 Å². The Balaban J connectivity index is 2.64. The first-order valence-corrected chi connectivity index (χ1v) is 6.14. The second kappa shape index (κ2) is 6.27. The van der Waals surface area contributed by atoms with Crippen molar-refractivity contribution in [2.75, 3.05) is 14.2 Å². The second-order valence-electron chi connectivity index (χ2n) is 5.21. The van der Waals surface area contributed by atoms with E-state index in [1.165, 1.54) is 7.05 Å². The van der Waals surface area contributed by atoms with Gasteiger partial charge in [-0.2, -0.15) is 0 Å². The topological polar surface area (TPSA) is 67.9 Å². The summed E-state index contributed by atoms with van der Waals surface area (Å²) < 4.78 is 10.1. The highest BCUT2D eigenvalue weighted by molar-refractivity contribution is 5.94. The number of carbonyl (C=O) groups excluding carboxylic acids is 2. The summed E-state index contributed by atoms with van der Waals surface area (Å²) in [4.78, 5) is 23.6. The SMILES string of the molecule is COc1ccc(C(=O)N(C)NC(=O)OC(C)(C)C)cc1. The van der Waals surface area contributed by atoms with E-state index >= 15 is 0 Å². The molecule has 110 valence electrons. The van der Waals surface area contributed by atoms with E-state index in [1.54, 1.807) is 52.1 Å². The molecule has 0 fully saturated rings. The minimum Gasteiger partial charge on any atom is -0.497 e. The van der Waals surface area contributed by atoms with Crippen molar-refractivity contribution in [1.29, 1.82) is 0 Å². The number of nitrogens with zero attached hydrogens (tertiary/aromatic N) is 1. The summed E-state index contributed by atoms with van der Waals surface area (Å²) in [5.74, 6) is 0.308. The lowest BCUT2D eigenvalue weighted by molar-refractivity contribution is 0.0334. The molecule has 20 heavy (non-hydrogen) atoms. The monoisotopic (exact) mass is 280 g/mol. The van der Waals surface area contributed by atoms with Crippen molar-refractivity contribution in [2.24, 2.45) is 0 Å². The lowest BCUT2D eigenvalue weighted by Crippen LogP contribution is -2.45. The van der Waals surface area contributed by atoms with Crippen LogP contribution in [0.5, 0.6) is 5.75 Å². The zero-order valence-electron chi connectivity index (χ0n) is 12.4. The molecule has 0 saturated carbocycles. The maximum absolute atomic E-state index is 12.1. The Bertz CT molecular complexity index is 477. The van der Waals surface area contributed by atoms with Gasteiger partial charge in [-0.05, 0) is 45.0 Å². The summed E-state index contributed by atoms with van der Waals surface area (Å²) >= 11 is 0. The van der Waals surface area contributed by atoms with E-state index in [0.29, 0.717) is 11.3 Å². The summed E-state index contributed by atoms with van der Waals surface area (Å²) in [6, 6.07) is 6.59. The van der Waals surface area contributed by atoms with Gasteiger partial charge >= 0.3 is 6.09 Å². The molecule has 0 aliphatic heterocycles. The molecule has 0 radical (unpaired) electrons. The number of hydrogen-bond acceptors (Lipinski definition) is 4. The van der Waals surface area contributed by atoms with E-state index in [0.717, 1.165) is 5.01 Å². The maximum Gasteiger partial charge on any atom is 0.426 e. The van der Waals surface area contributed by atoms with Crippen molar-refractivity contribution in [3.63, 3.8) is 0 Å². The average Bonchev–Trinajstić information content (AvgIpc) is 2.35. The first-order chi connectivity index (χ1) is 9.23. The lowest BCUT2D eigenvalue weighted by Gasteiger charge is -2.23. The highest BCUT2D eigenvalue weighted by atomic mass is 16.6. The van der Waals surface area contributed by atoms with E-state index < -0.39 is 11.7 Å². The molecule has 0 bridgehead atoms. The molecule has 0 atom stereocenters. The molecule has 0 saturated heterocycles. The minimum atomic E-state index is -0.679. The zero-order chi connectivity index (χ0) is 15.3. The number of amides is 2. The van der Waals surface area contributed by atoms with E-state index in [9.17, 15) is 9.59 Å². The normalized spacial score (nSPS) is 10.7. The van der Waals surface area contributed by atoms with E-state index in [4.69, 9.17) is 9.47 Å². The Morgan fingerprint density at radius 3 is 2.15 bits per heavy atom. The number of methoxy groups -OCH3 is 1. The molecule has 6 nitrogen and oxygen atoms in total. The van der Waals surface area contributed by atoms with Gasteiger partial charge in [-0.25, -0.2) is 10.2 Å². The molecule has 2 amide bonds. The van der Waals surface area contributed by atoms with Crippen LogP contribution in [0.1, 0.15) is 31.1 Å². The predicted octanol–water partition coefficient (Wildman–Crippen LogP) is 2.21. The van der Waals surface area contributed by atoms with E-state index in [2.05, 4.69) is 5.43 Å². The molecule has 6 heteroatoms.